The Labute approximate surface area is 117 Å². The quantitative estimate of drug-likeness (QED) is 0.928. The molecule has 20 heavy (non-hydrogen) atoms. The molecule has 1 atom stereocenters. The van der Waals surface area contributed by atoms with E-state index in [2.05, 4.69) is 14.9 Å². The number of carboxylic acid groups (broad SMARTS) is 1. The number of aryl methyl sites for hydroxylation is 1. The van der Waals surface area contributed by atoms with E-state index in [0.29, 0.717) is 0 Å². The van der Waals surface area contributed by atoms with Gasteiger partial charge in [0.2, 0.25) is 0 Å². The van der Waals surface area contributed by atoms with Crippen LogP contribution in [0.1, 0.15) is 25.0 Å². The van der Waals surface area contributed by atoms with E-state index in [-0.39, 0.29) is 12.5 Å². The molecule has 0 aliphatic carbocycles. The van der Waals surface area contributed by atoms with Gasteiger partial charge in [0.05, 0.1) is 23.1 Å². The summed E-state index contributed by atoms with van der Waals surface area (Å²) in [7, 11) is 0. The molecule has 0 amide bonds. The summed E-state index contributed by atoms with van der Waals surface area (Å²) in [5.41, 5.74) is 2.60. The zero-order chi connectivity index (χ0) is 14.1. The van der Waals surface area contributed by atoms with Crippen LogP contribution in [0.3, 0.4) is 0 Å². The molecular formula is C15H17N3O2. The minimum atomic E-state index is -0.756. The highest BCUT2D eigenvalue weighted by molar-refractivity contribution is 5.77. The molecule has 0 bridgehead atoms. The molecule has 5 heteroatoms. The number of aromatic nitrogens is 2. The van der Waals surface area contributed by atoms with Gasteiger partial charge in [-0.15, -0.1) is 0 Å². The Morgan fingerprint density at radius 2 is 2.05 bits per heavy atom. The van der Waals surface area contributed by atoms with Gasteiger partial charge in [0.25, 0.3) is 0 Å². The van der Waals surface area contributed by atoms with Crippen LogP contribution in [0.25, 0.3) is 11.0 Å². The van der Waals surface area contributed by atoms with Crippen LogP contribution in [0.2, 0.25) is 0 Å². The van der Waals surface area contributed by atoms with Gasteiger partial charge in [0.15, 0.2) is 5.82 Å². The van der Waals surface area contributed by atoms with E-state index in [0.717, 1.165) is 41.9 Å². The molecule has 0 saturated carbocycles. The van der Waals surface area contributed by atoms with Gasteiger partial charge in [-0.3, -0.25) is 4.79 Å². The van der Waals surface area contributed by atoms with Crippen LogP contribution in [-0.4, -0.2) is 33.6 Å². The molecule has 1 N–H and O–H groups in total. The topological polar surface area (TPSA) is 66.3 Å². The van der Waals surface area contributed by atoms with E-state index in [4.69, 9.17) is 5.11 Å². The van der Waals surface area contributed by atoms with Gasteiger partial charge in [-0.2, -0.15) is 0 Å². The Morgan fingerprint density at radius 3 is 2.75 bits per heavy atom. The molecule has 3 rings (SSSR count). The van der Waals surface area contributed by atoms with Gasteiger partial charge in [-0.1, -0.05) is 12.1 Å². The lowest BCUT2D eigenvalue weighted by Crippen LogP contribution is -2.32. The molecule has 1 fully saturated rings. The largest absolute Gasteiger partial charge is 0.481 e. The van der Waals surface area contributed by atoms with Crippen LogP contribution in [0.15, 0.2) is 24.3 Å². The third kappa shape index (κ3) is 2.31. The predicted molar refractivity (Wildman–Crippen MR) is 76.9 cm³/mol. The second kappa shape index (κ2) is 5.07. The van der Waals surface area contributed by atoms with Crippen molar-refractivity contribution >= 4 is 22.8 Å². The van der Waals surface area contributed by atoms with Gasteiger partial charge in [0.1, 0.15) is 0 Å². The van der Waals surface area contributed by atoms with Crippen LogP contribution in [-0.2, 0) is 4.79 Å². The molecule has 0 spiro atoms. The van der Waals surface area contributed by atoms with Crippen molar-refractivity contribution in [3.8, 4) is 0 Å². The van der Waals surface area contributed by atoms with Crippen LogP contribution in [0.4, 0.5) is 5.82 Å². The Kier molecular flexibility index (Phi) is 3.26. The number of nitrogens with zero attached hydrogens (tertiary/aromatic N) is 3. The predicted octanol–water partition coefficient (Wildman–Crippen LogP) is 2.38. The van der Waals surface area contributed by atoms with Crippen molar-refractivity contribution in [3.63, 3.8) is 0 Å². The van der Waals surface area contributed by atoms with Crippen molar-refractivity contribution in [2.24, 2.45) is 0 Å². The zero-order valence-corrected chi connectivity index (χ0v) is 11.4. The molecule has 1 aliphatic rings. The van der Waals surface area contributed by atoms with Gasteiger partial charge in [0, 0.05) is 12.6 Å². The van der Waals surface area contributed by atoms with Crippen molar-refractivity contribution < 1.29 is 9.90 Å². The minimum Gasteiger partial charge on any atom is -0.481 e. The van der Waals surface area contributed by atoms with Gasteiger partial charge in [-0.05, 0) is 31.9 Å². The first-order valence-corrected chi connectivity index (χ1v) is 6.87. The van der Waals surface area contributed by atoms with Crippen LogP contribution >= 0.6 is 0 Å². The lowest BCUT2D eigenvalue weighted by Gasteiger charge is -2.25. The fourth-order valence-electron chi connectivity index (χ4n) is 2.88. The summed E-state index contributed by atoms with van der Waals surface area (Å²) in [6.07, 6.45) is 2.07. The summed E-state index contributed by atoms with van der Waals surface area (Å²) in [5.74, 6) is 0.0701. The first kappa shape index (κ1) is 12.8. The molecule has 2 aromatic rings. The molecular weight excluding hydrogens is 254 g/mol. The highest BCUT2D eigenvalue weighted by atomic mass is 16.4. The summed E-state index contributed by atoms with van der Waals surface area (Å²) in [6, 6.07) is 7.79. The average molecular weight is 271 g/mol. The number of anilines is 1. The molecule has 1 saturated heterocycles. The molecule has 104 valence electrons. The van der Waals surface area contributed by atoms with E-state index < -0.39 is 5.97 Å². The molecule has 5 nitrogen and oxygen atoms in total. The lowest BCUT2D eigenvalue weighted by molar-refractivity contribution is -0.137. The van der Waals surface area contributed by atoms with E-state index in [1.165, 1.54) is 0 Å². The summed E-state index contributed by atoms with van der Waals surface area (Å²) in [6.45, 7) is 2.79. The molecule has 1 aromatic heterocycles. The van der Waals surface area contributed by atoms with Crippen molar-refractivity contribution in [2.45, 2.75) is 32.2 Å². The Hall–Kier alpha value is -2.17. The SMILES string of the molecule is Cc1nc2ccccc2nc1N1CCCC1CC(=O)O. The Balaban J connectivity index is 2.00. The number of rotatable bonds is 3. The maximum Gasteiger partial charge on any atom is 0.305 e. The second-order valence-corrected chi connectivity index (χ2v) is 5.21. The lowest BCUT2D eigenvalue weighted by atomic mass is 10.1. The standard InChI is InChI=1S/C15H17N3O2/c1-10-15(17-13-7-3-2-6-12(13)16-10)18-8-4-5-11(18)9-14(19)20/h2-3,6-7,11H,4-5,8-9H2,1H3,(H,19,20). The third-order valence-corrected chi connectivity index (χ3v) is 3.78. The number of hydrogen-bond acceptors (Lipinski definition) is 4. The number of fused-ring (bicyclic) bond motifs is 1. The highest BCUT2D eigenvalue weighted by Gasteiger charge is 2.29. The maximum absolute atomic E-state index is 11.0. The van der Waals surface area contributed by atoms with Gasteiger partial charge < -0.3 is 10.0 Å². The monoisotopic (exact) mass is 271 g/mol. The first-order chi connectivity index (χ1) is 9.65. The maximum atomic E-state index is 11.0. The second-order valence-electron chi connectivity index (χ2n) is 5.21. The summed E-state index contributed by atoms with van der Waals surface area (Å²) < 4.78 is 0. The van der Waals surface area contributed by atoms with Crippen LogP contribution in [0.5, 0.6) is 0 Å². The average Bonchev–Trinajstić information content (AvgIpc) is 2.85. The normalized spacial score (nSPS) is 18.6. The number of benzene rings is 1. The molecule has 2 heterocycles. The molecule has 1 aromatic carbocycles. The number of hydrogen-bond donors (Lipinski definition) is 1. The van der Waals surface area contributed by atoms with Crippen molar-refractivity contribution in [1.82, 2.24) is 9.97 Å². The Morgan fingerprint density at radius 1 is 1.35 bits per heavy atom. The van der Waals surface area contributed by atoms with Crippen LogP contribution < -0.4 is 4.90 Å². The third-order valence-electron chi connectivity index (χ3n) is 3.78. The number of para-hydroxylation sites is 2. The summed E-state index contributed by atoms with van der Waals surface area (Å²) in [4.78, 5) is 22.3. The summed E-state index contributed by atoms with van der Waals surface area (Å²) in [5, 5.41) is 9.02. The van der Waals surface area contributed by atoms with Crippen LogP contribution in [0, 0.1) is 6.92 Å². The zero-order valence-electron chi connectivity index (χ0n) is 11.4. The minimum absolute atomic E-state index is 0.0293. The Bertz CT molecular complexity index is 657. The fourth-order valence-corrected chi connectivity index (χ4v) is 2.88. The van der Waals surface area contributed by atoms with E-state index >= 15 is 0 Å². The fraction of sp³-hybridized carbons (Fsp3) is 0.400. The highest BCUT2D eigenvalue weighted by Crippen LogP contribution is 2.29. The van der Waals surface area contributed by atoms with E-state index in [1.54, 1.807) is 0 Å². The first-order valence-electron chi connectivity index (χ1n) is 6.87. The van der Waals surface area contributed by atoms with Crippen molar-refractivity contribution in [3.05, 3.63) is 30.0 Å². The smallest absolute Gasteiger partial charge is 0.305 e. The molecule has 0 radical (unpaired) electrons. The molecule has 1 aliphatic heterocycles. The number of carbonyl (C=O) groups is 1. The van der Waals surface area contributed by atoms with E-state index in [9.17, 15) is 4.79 Å². The van der Waals surface area contributed by atoms with Crippen molar-refractivity contribution in [1.29, 1.82) is 0 Å². The number of carboxylic acids is 1. The number of aliphatic carboxylic acids is 1. The molecule has 1 unspecified atom stereocenters. The van der Waals surface area contributed by atoms with Gasteiger partial charge >= 0.3 is 5.97 Å². The van der Waals surface area contributed by atoms with Crippen molar-refractivity contribution in [2.75, 3.05) is 11.4 Å². The van der Waals surface area contributed by atoms with Gasteiger partial charge in [-0.25, -0.2) is 9.97 Å². The van der Waals surface area contributed by atoms with E-state index in [1.807, 2.05) is 31.2 Å². The summed E-state index contributed by atoms with van der Waals surface area (Å²) >= 11 is 0.